The van der Waals surface area contributed by atoms with E-state index in [9.17, 15) is 4.79 Å². The summed E-state index contributed by atoms with van der Waals surface area (Å²) in [6, 6.07) is 18.4. The van der Waals surface area contributed by atoms with Gasteiger partial charge in [0.05, 0.1) is 5.56 Å². The Morgan fingerprint density at radius 3 is 2.48 bits per heavy atom. The number of anilines is 1. The minimum absolute atomic E-state index is 0.275. The number of carboxylic acid groups (broad SMARTS) is 1. The van der Waals surface area contributed by atoms with Crippen LogP contribution in [0.3, 0.4) is 0 Å². The highest BCUT2D eigenvalue weighted by molar-refractivity contribution is 5.87. The SMILES string of the molecule is O=C(O)c1ccc(NCc2cccc(OCc3ccncc3)c2)cc1. The zero-order chi connectivity index (χ0) is 17.5. The van der Waals surface area contributed by atoms with Crippen molar-refractivity contribution < 1.29 is 14.6 Å². The summed E-state index contributed by atoms with van der Waals surface area (Å²) in [6.45, 7) is 1.12. The number of aromatic carboxylic acids is 1. The number of carboxylic acids is 1. The standard InChI is InChI=1S/C20H18N2O3/c23-20(24)17-4-6-18(7-5-17)22-13-16-2-1-3-19(12-16)25-14-15-8-10-21-11-9-15/h1-12,22H,13-14H2,(H,23,24). The van der Waals surface area contributed by atoms with Crippen molar-refractivity contribution in [2.45, 2.75) is 13.2 Å². The van der Waals surface area contributed by atoms with E-state index < -0.39 is 5.97 Å². The van der Waals surface area contributed by atoms with Crippen LogP contribution in [0.1, 0.15) is 21.5 Å². The second kappa shape index (κ2) is 7.97. The third kappa shape index (κ3) is 4.81. The smallest absolute Gasteiger partial charge is 0.335 e. The molecule has 5 nitrogen and oxygen atoms in total. The van der Waals surface area contributed by atoms with E-state index in [4.69, 9.17) is 9.84 Å². The zero-order valence-electron chi connectivity index (χ0n) is 13.6. The van der Waals surface area contributed by atoms with E-state index in [0.717, 1.165) is 22.6 Å². The van der Waals surface area contributed by atoms with Crippen molar-refractivity contribution in [3.05, 3.63) is 89.7 Å². The van der Waals surface area contributed by atoms with Gasteiger partial charge in [0.1, 0.15) is 12.4 Å². The number of benzene rings is 2. The second-order valence-corrected chi connectivity index (χ2v) is 5.53. The highest BCUT2D eigenvalue weighted by Gasteiger charge is 2.02. The molecule has 1 heterocycles. The maximum absolute atomic E-state index is 10.9. The van der Waals surface area contributed by atoms with Gasteiger partial charge in [0.15, 0.2) is 0 Å². The van der Waals surface area contributed by atoms with Crippen LogP contribution in [0.4, 0.5) is 5.69 Å². The fourth-order valence-corrected chi connectivity index (χ4v) is 2.33. The summed E-state index contributed by atoms with van der Waals surface area (Å²) in [5.41, 5.74) is 3.29. The van der Waals surface area contributed by atoms with E-state index in [1.54, 1.807) is 36.7 Å². The van der Waals surface area contributed by atoms with Crippen molar-refractivity contribution in [1.29, 1.82) is 0 Å². The molecule has 0 atom stereocenters. The predicted molar refractivity (Wildman–Crippen MR) is 95.7 cm³/mol. The van der Waals surface area contributed by atoms with Crippen LogP contribution in [0.5, 0.6) is 5.75 Å². The number of ether oxygens (including phenoxy) is 1. The van der Waals surface area contributed by atoms with Gasteiger partial charge in [0, 0.05) is 24.6 Å². The average Bonchev–Trinajstić information content (AvgIpc) is 2.66. The van der Waals surface area contributed by atoms with Crippen LogP contribution in [0.15, 0.2) is 73.1 Å². The number of aromatic nitrogens is 1. The van der Waals surface area contributed by atoms with Gasteiger partial charge in [-0.3, -0.25) is 4.98 Å². The van der Waals surface area contributed by atoms with E-state index in [-0.39, 0.29) is 5.56 Å². The molecule has 126 valence electrons. The molecule has 0 aliphatic heterocycles. The molecule has 25 heavy (non-hydrogen) atoms. The Morgan fingerprint density at radius 1 is 1.00 bits per heavy atom. The van der Waals surface area contributed by atoms with Crippen LogP contribution in [-0.2, 0) is 13.2 Å². The molecule has 0 radical (unpaired) electrons. The Hall–Kier alpha value is -3.34. The quantitative estimate of drug-likeness (QED) is 0.684. The van der Waals surface area contributed by atoms with Gasteiger partial charge in [-0.1, -0.05) is 12.1 Å². The van der Waals surface area contributed by atoms with Crippen molar-refractivity contribution in [3.63, 3.8) is 0 Å². The minimum Gasteiger partial charge on any atom is -0.489 e. The topological polar surface area (TPSA) is 71.5 Å². The molecular formula is C20H18N2O3. The van der Waals surface area contributed by atoms with Gasteiger partial charge >= 0.3 is 5.97 Å². The third-order valence-electron chi connectivity index (χ3n) is 3.68. The average molecular weight is 334 g/mol. The number of nitrogens with one attached hydrogen (secondary N) is 1. The van der Waals surface area contributed by atoms with Crippen molar-refractivity contribution in [3.8, 4) is 5.75 Å². The summed E-state index contributed by atoms with van der Waals surface area (Å²) in [5, 5.41) is 12.2. The molecule has 0 fully saturated rings. The van der Waals surface area contributed by atoms with Gasteiger partial charge in [-0.2, -0.15) is 0 Å². The lowest BCUT2D eigenvalue weighted by atomic mass is 10.2. The zero-order valence-corrected chi connectivity index (χ0v) is 13.6. The molecule has 2 aromatic carbocycles. The van der Waals surface area contributed by atoms with Gasteiger partial charge in [-0.05, 0) is 59.7 Å². The van der Waals surface area contributed by atoms with E-state index in [1.807, 2.05) is 36.4 Å². The number of carbonyl (C=O) groups is 1. The van der Waals surface area contributed by atoms with Gasteiger partial charge in [-0.25, -0.2) is 4.79 Å². The van der Waals surface area contributed by atoms with Crippen LogP contribution in [0.25, 0.3) is 0 Å². The molecule has 3 rings (SSSR count). The highest BCUT2D eigenvalue weighted by Crippen LogP contribution is 2.17. The number of nitrogens with zero attached hydrogens (tertiary/aromatic N) is 1. The summed E-state index contributed by atoms with van der Waals surface area (Å²) in [5.74, 6) is -0.122. The highest BCUT2D eigenvalue weighted by atomic mass is 16.5. The number of rotatable bonds is 7. The lowest BCUT2D eigenvalue weighted by molar-refractivity contribution is 0.0697. The summed E-state index contributed by atoms with van der Waals surface area (Å²) < 4.78 is 5.81. The largest absolute Gasteiger partial charge is 0.489 e. The van der Waals surface area contributed by atoms with Crippen molar-refractivity contribution in [2.75, 3.05) is 5.32 Å². The van der Waals surface area contributed by atoms with Crippen LogP contribution in [-0.4, -0.2) is 16.1 Å². The first-order chi connectivity index (χ1) is 12.2. The molecule has 1 aromatic heterocycles. The monoisotopic (exact) mass is 334 g/mol. The molecule has 0 unspecified atom stereocenters. The molecule has 0 spiro atoms. The van der Waals surface area contributed by atoms with E-state index >= 15 is 0 Å². The maximum atomic E-state index is 10.9. The van der Waals surface area contributed by atoms with Gasteiger partial charge in [-0.15, -0.1) is 0 Å². The molecule has 5 heteroatoms. The molecule has 0 saturated heterocycles. The maximum Gasteiger partial charge on any atom is 0.335 e. The van der Waals surface area contributed by atoms with Crippen LogP contribution < -0.4 is 10.1 Å². The summed E-state index contributed by atoms with van der Waals surface area (Å²) >= 11 is 0. The third-order valence-corrected chi connectivity index (χ3v) is 3.68. The van der Waals surface area contributed by atoms with Gasteiger partial charge < -0.3 is 15.2 Å². The minimum atomic E-state index is -0.925. The Labute approximate surface area is 145 Å². The molecule has 0 aliphatic carbocycles. The van der Waals surface area contributed by atoms with Crippen LogP contribution in [0.2, 0.25) is 0 Å². The lowest BCUT2D eigenvalue weighted by Gasteiger charge is -2.10. The molecule has 0 aliphatic rings. The first-order valence-corrected chi connectivity index (χ1v) is 7.88. The summed E-state index contributed by atoms with van der Waals surface area (Å²) in [6.07, 6.45) is 3.49. The summed E-state index contributed by atoms with van der Waals surface area (Å²) in [7, 11) is 0. The molecule has 0 saturated carbocycles. The Bertz CT molecular complexity index is 833. The summed E-state index contributed by atoms with van der Waals surface area (Å²) in [4.78, 5) is 14.8. The number of hydrogen-bond acceptors (Lipinski definition) is 4. The van der Waals surface area contributed by atoms with Crippen molar-refractivity contribution >= 4 is 11.7 Å². The fourth-order valence-electron chi connectivity index (χ4n) is 2.33. The van der Waals surface area contributed by atoms with Crippen LogP contribution in [0, 0.1) is 0 Å². The predicted octanol–water partition coefficient (Wildman–Crippen LogP) is 3.97. The Morgan fingerprint density at radius 2 is 1.76 bits per heavy atom. The lowest BCUT2D eigenvalue weighted by Crippen LogP contribution is -2.01. The van der Waals surface area contributed by atoms with Gasteiger partial charge in [0.25, 0.3) is 0 Å². The molecule has 2 N–H and O–H groups in total. The van der Waals surface area contributed by atoms with Crippen LogP contribution >= 0.6 is 0 Å². The van der Waals surface area contributed by atoms with Crippen molar-refractivity contribution in [1.82, 2.24) is 4.98 Å². The van der Waals surface area contributed by atoms with Crippen molar-refractivity contribution in [2.24, 2.45) is 0 Å². The molecule has 3 aromatic rings. The first-order valence-electron chi connectivity index (χ1n) is 7.88. The van der Waals surface area contributed by atoms with E-state index in [2.05, 4.69) is 10.3 Å². The molecule has 0 bridgehead atoms. The Kier molecular flexibility index (Phi) is 5.26. The van der Waals surface area contributed by atoms with E-state index in [0.29, 0.717) is 13.2 Å². The molecule has 0 amide bonds. The second-order valence-electron chi connectivity index (χ2n) is 5.53. The number of pyridine rings is 1. The Balaban J connectivity index is 1.57. The van der Waals surface area contributed by atoms with E-state index in [1.165, 1.54) is 0 Å². The van der Waals surface area contributed by atoms with Gasteiger partial charge in [0.2, 0.25) is 0 Å². The number of hydrogen-bond donors (Lipinski definition) is 2. The normalized spacial score (nSPS) is 10.2. The fraction of sp³-hybridized carbons (Fsp3) is 0.100. The molecular weight excluding hydrogens is 316 g/mol. The first kappa shape index (κ1) is 16.5.